The smallest absolute Gasteiger partial charge is 0.258 e. The summed E-state index contributed by atoms with van der Waals surface area (Å²) in [7, 11) is -4.05. The van der Waals surface area contributed by atoms with Gasteiger partial charge >= 0.3 is 0 Å². The second-order valence-corrected chi connectivity index (χ2v) is 7.22. The Kier molecular flexibility index (Phi) is 4.40. The minimum absolute atomic E-state index is 0.234. The molecule has 0 radical (unpaired) electrons. The number of hydrogen-bond acceptors (Lipinski definition) is 4. The van der Waals surface area contributed by atoms with E-state index in [4.69, 9.17) is 0 Å². The van der Waals surface area contributed by atoms with Gasteiger partial charge in [0.1, 0.15) is 4.90 Å². The largest absolute Gasteiger partial charge is 0.272 e. The van der Waals surface area contributed by atoms with Gasteiger partial charge in [0.15, 0.2) is 5.82 Å². The molecule has 0 saturated carbocycles. The zero-order valence-corrected chi connectivity index (χ0v) is 12.8. The number of sulfonamides is 1. The van der Waals surface area contributed by atoms with Crippen molar-refractivity contribution in [2.24, 2.45) is 0 Å². The van der Waals surface area contributed by atoms with Gasteiger partial charge in [-0.05, 0) is 28.8 Å². The van der Waals surface area contributed by atoms with Crippen molar-refractivity contribution in [3.8, 4) is 0 Å². The van der Waals surface area contributed by atoms with E-state index in [9.17, 15) is 22.9 Å². The summed E-state index contributed by atoms with van der Waals surface area (Å²) in [6.07, 6.45) is 2.33. The number of nitro benzene ring substituents is 1. The highest BCUT2D eigenvalue weighted by Gasteiger charge is 2.31. The second kappa shape index (κ2) is 5.74. The highest BCUT2D eigenvalue weighted by molar-refractivity contribution is 9.10. The third kappa shape index (κ3) is 2.84. The van der Waals surface area contributed by atoms with Crippen molar-refractivity contribution < 1.29 is 17.7 Å². The SMILES string of the molecule is O=[N+]([O-])c1cc(Br)c(F)c(S(=O)(=O)N2CCCCC2)c1. The molecule has 6 nitrogen and oxygen atoms in total. The van der Waals surface area contributed by atoms with E-state index in [0.717, 1.165) is 18.6 Å². The molecule has 1 heterocycles. The highest BCUT2D eigenvalue weighted by Crippen LogP contribution is 2.31. The van der Waals surface area contributed by atoms with Crippen LogP contribution in [0.25, 0.3) is 0 Å². The van der Waals surface area contributed by atoms with E-state index in [2.05, 4.69) is 15.9 Å². The number of piperidine rings is 1. The summed E-state index contributed by atoms with van der Waals surface area (Å²) in [5.41, 5.74) is -0.464. The van der Waals surface area contributed by atoms with Crippen molar-refractivity contribution in [3.05, 3.63) is 32.5 Å². The second-order valence-electron chi connectivity index (χ2n) is 4.46. The first-order valence-corrected chi connectivity index (χ1v) is 8.21. The van der Waals surface area contributed by atoms with Crippen molar-refractivity contribution in [2.45, 2.75) is 24.2 Å². The average molecular weight is 367 g/mol. The molecule has 0 aromatic heterocycles. The van der Waals surface area contributed by atoms with Gasteiger partial charge in [-0.3, -0.25) is 10.1 Å². The van der Waals surface area contributed by atoms with Crippen LogP contribution in [0, 0.1) is 15.9 Å². The lowest BCUT2D eigenvalue weighted by molar-refractivity contribution is -0.385. The number of nitro groups is 1. The number of benzene rings is 1. The Balaban J connectivity index is 2.52. The number of halogens is 2. The summed E-state index contributed by atoms with van der Waals surface area (Å²) in [5, 5.41) is 10.8. The van der Waals surface area contributed by atoms with E-state index in [-0.39, 0.29) is 4.47 Å². The molecule has 0 amide bonds. The van der Waals surface area contributed by atoms with Crippen LogP contribution in [0.3, 0.4) is 0 Å². The Morgan fingerprint density at radius 1 is 1.25 bits per heavy atom. The predicted octanol–water partition coefficient (Wildman–Crippen LogP) is 2.67. The zero-order chi connectivity index (χ0) is 14.9. The van der Waals surface area contributed by atoms with Crippen molar-refractivity contribution in [3.63, 3.8) is 0 Å². The summed E-state index contributed by atoms with van der Waals surface area (Å²) in [5.74, 6) is -0.999. The van der Waals surface area contributed by atoms with Gasteiger partial charge < -0.3 is 0 Å². The van der Waals surface area contributed by atoms with Crippen LogP contribution in [-0.4, -0.2) is 30.7 Å². The lowest BCUT2D eigenvalue weighted by atomic mass is 10.2. The number of non-ortho nitro benzene ring substituents is 1. The van der Waals surface area contributed by atoms with Gasteiger partial charge in [0.2, 0.25) is 10.0 Å². The van der Waals surface area contributed by atoms with Crippen LogP contribution in [0.1, 0.15) is 19.3 Å². The summed E-state index contributed by atoms with van der Waals surface area (Å²) in [6.45, 7) is 0.615. The topological polar surface area (TPSA) is 80.5 Å². The van der Waals surface area contributed by atoms with Gasteiger partial charge in [-0.2, -0.15) is 4.31 Å². The minimum atomic E-state index is -4.05. The Morgan fingerprint density at radius 2 is 1.85 bits per heavy atom. The molecule has 110 valence electrons. The Bertz CT molecular complexity index is 644. The molecule has 20 heavy (non-hydrogen) atoms. The monoisotopic (exact) mass is 366 g/mol. The number of rotatable bonds is 3. The molecule has 1 saturated heterocycles. The molecular weight excluding hydrogens is 355 g/mol. The molecule has 1 aromatic rings. The van der Waals surface area contributed by atoms with E-state index in [1.807, 2.05) is 0 Å². The molecule has 0 spiro atoms. The number of nitrogens with zero attached hydrogens (tertiary/aromatic N) is 2. The highest BCUT2D eigenvalue weighted by atomic mass is 79.9. The first-order chi connectivity index (χ1) is 9.34. The number of hydrogen-bond donors (Lipinski definition) is 0. The van der Waals surface area contributed by atoms with Crippen LogP contribution in [0.4, 0.5) is 10.1 Å². The maximum atomic E-state index is 14.0. The van der Waals surface area contributed by atoms with Crippen molar-refractivity contribution in [1.82, 2.24) is 4.31 Å². The van der Waals surface area contributed by atoms with Crippen LogP contribution in [0.2, 0.25) is 0 Å². The lowest BCUT2D eigenvalue weighted by Crippen LogP contribution is -2.36. The maximum absolute atomic E-state index is 14.0. The molecule has 2 rings (SSSR count). The molecule has 0 unspecified atom stereocenters. The summed E-state index contributed by atoms with van der Waals surface area (Å²) < 4.78 is 39.7. The van der Waals surface area contributed by atoms with Gasteiger partial charge in [0.25, 0.3) is 5.69 Å². The van der Waals surface area contributed by atoms with E-state index in [0.29, 0.717) is 25.9 Å². The van der Waals surface area contributed by atoms with E-state index in [1.54, 1.807) is 0 Å². The molecule has 0 bridgehead atoms. The molecular formula is C11H12BrFN2O4S. The molecule has 0 atom stereocenters. The first kappa shape index (κ1) is 15.3. The van der Waals surface area contributed by atoms with Gasteiger partial charge in [0.05, 0.1) is 9.40 Å². The third-order valence-electron chi connectivity index (χ3n) is 3.12. The normalized spacial score (nSPS) is 17.1. The first-order valence-electron chi connectivity index (χ1n) is 5.97. The molecule has 1 aromatic carbocycles. The van der Waals surface area contributed by atoms with Crippen LogP contribution in [0.15, 0.2) is 21.5 Å². The Hall–Kier alpha value is -1.06. The average Bonchev–Trinajstić information content (AvgIpc) is 2.42. The Morgan fingerprint density at radius 3 is 2.40 bits per heavy atom. The summed E-state index contributed by atoms with van der Waals surface area (Å²) in [6, 6.07) is 1.72. The van der Waals surface area contributed by atoms with Crippen LogP contribution >= 0.6 is 15.9 Å². The summed E-state index contributed by atoms with van der Waals surface area (Å²) in [4.78, 5) is 9.37. The standard InChI is InChI=1S/C11H12BrFN2O4S/c12-9-6-8(15(16)17)7-10(11(9)13)20(18,19)14-4-2-1-3-5-14/h6-7H,1-5H2. The van der Waals surface area contributed by atoms with Crippen molar-refractivity contribution in [2.75, 3.05) is 13.1 Å². The van der Waals surface area contributed by atoms with Gasteiger partial charge in [-0.1, -0.05) is 6.42 Å². The van der Waals surface area contributed by atoms with Gasteiger partial charge in [-0.15, -0.1) is 0 Å². The van der Waals surface area contributed by atoms with Crippen LogP contribution in [0.5, 0.6) is 0 Å². The quantitative estimate of drug-likeness (QED) is 0.608. The summed E-state index contributed by atoms with van der Waals surface area (Å²) >= 11 is 2.82. The van der Waals surface area contributed by atoms with Crippen molar-refractivity contribution in [1.29, 1.82) is 0 Å². The molecule has 0 aliphatic carbocycles. The van der Waals surface area contributed by atoms with E-state index in [1.165, 1.54) is 4.31 Å². The fraction of sp³-hybridized carbons (Fsp3) is 0.455. The van der Waals surface area contributed by atoms with Crippen LogP contribution in [-0.2, 0) is 10.0 Å². The molecule has 9 heteroatoms. The van der Waals surface area contributed by atoms with E-state index < -0.39 is 31.3 Å². The minimum Gasteiger partial charge on any atom is -0.258 e. The fourth-order valence-corrected chi connectivity index (χ4v) is 4.29. The van der Waals surface area contributed by atoms with Gasteiger partial charge in [0, 0.05) is 25.2 Å². The predicted molar refractivity (Wildman–Crippen MR) is 73.4 cm³/mol. The molecule has 0 N–H and O–H groups in total. The van der Waals surface area contributed by atoms with Gasteiger partial charge in [-0.25, -0.2) is 12.8 Å². The molecule has 1 aliphatic heterocycles. The van der Waals surface area contributed by atoms with Crippen molar-refractivity contribution >= 4 is 31.6 Å². The molecule has 1 fully saturated rings. The van der Waals surface area contributed by atoms with Crippen LogP contribution < -0.4 is 0 Å². The maximum Gasteiger partial charge on any atom is 0.272 e. The zero-order valence-electron chi connectivity index (χ0n) is 10.4. The lowest BCUT2D eigenvalue weighted by Gasteiger charge is -2.26. The Labute approximate surface area is 123 Å². The fourth-order valence-electron chi connectivity index (χ4n) is 2.09. The third-order valence-corrected chi connectivity index (χ3v) is 5.60. The van der Waals surface area contributed by atoms with E-state index >= 15 is 0 Å². The molecule has 1 aliphatic rings.